The van der Waals surface area contributed by atoms with Crippen molar-refractivity contribution in [3.05, 3.63) is 87.1 Å². The Balaban J connectivity index is 0.000000181. The van der Waals surface area contributed by atoms with Crippen molar-refractivity contribution in [2.75, 3.05) is 49.1 Å². The smallest absolute Gasteiger partial charge is 0.357 e. The second-order valence-electron chi connectivity index (χ2n) is 15.0. The summed E-state index contributed by atoms with van der Waals surface area (Å²) in [6, 6.07) is 11.7. The number of amides is 3. The number of aromatic nitrogens is 8. The van der Waals surface area contributed by atoms with E-state index in [0.717, 1.165) is 42.0 Å². The van der Waals surface area contributed by atoms with Gasteiger partial charge in [0.15, 0.2) is 45.7 Å². The number of methoxy groups -OCH3 is 1. The zero-order valence-electron chi connectivity index (χ0n) is 35.6. The van der Waals surface area contributed by atoms with Crippen molar-refractivity contribution in [3.8, 4) is 5.75 Å². The van der Waals surface area contributed by atoms with Gasteiger partial charge in [-0.25, -0.2) is 33.8 Å². The van der Waals surface area contributed by atoms with Gasteiger partial charge in [-0.15, -0.1) is 32.9 Å². The molecule has 2 saturated carbocycles. The lowest BCUT2D eigenvalue weighted by atomic mass is 10.2. The molecule has 332 valence electrons. The predicted molar refractivity (Wildman–Crippen MR) is 242 cm³/mol. The molecule has 6 aromatic heterocycles. The van der Waals surface area contributed by atoms with Crippen LogP contribution >= 0.6 is 22.7 Å². The van der Waals surface area contributed by atoms with Crippen LogP contribution in [0.1, 0.15) is 83.2 Å². The van der Waals surface area contributed by atoms with Crippen LogP contribution in [0.3, 0.4) is 0 Å². The van der Waals surface area contributed by atoms with Crippen LogP contribution in [-0.4, -0.2) is 108 Å². The number of thiazole rings is 2. The number of aromatic carboxylic acids is 1. The monoisotopic (exact) mass is 907 g/mol. The Labute approximate surface area is 373 Å². The average Bonchev–Trinajstić information content (AvgIpc) is 4.09. The maximum Gasteiger partial charge on any atom is 0.357 e. The Kier molecular flexibility index (Phi) is 12.3. The van der Waals surface area contributed by atoms with Gasteiger partial charge in [-0.1, -0.05) is 12.1 Å². The lowest BCUT2D eigenvalue weighted by Crippen LogP contribution is -2.27. The minimum atomic E-state index is -1.13. The third-order valence-electron chi connectivity index (χ3n) is 10.1. The van der Waals surface area contributed by atoms with Crippen LogP contribution in [0.15, 0.2) is 48.8 Å². The largest absolute Gasteiger partial charge is 0.497 e. The van der Waals surface area contributed by atoms with Crippen LogP contribution in [0.25, 0.3) is 11.3 Å². The van der Waals surface area contributed by atoms with E-state index >= 15 is 0 Å². The molecule has 0 bridgehead atoms. The zero-order valence-corrected chi connectivity index (χ0v) is 37.3. The summed E-state index contributed by atoms with van der Waals surface area (Å²) in [6.07, 6.45) is 6.93. The van der Waals surface area contributed by atoms with Crippen LogP contribution < -0.4 is 41.5 Å². The Morgan fingerprint density at radius 2 is 1.31 bits per heavy atom. The molecule has 7 N–H and O–H groups in total. The van der Waals surface area contributed by atoms with Gasteiger partial charge in [-0.3, -0.25) is 14.4 Å². The molecule has 0 spiro atoms. The van der Waals surface area contributed by atoms with Crippen molar-refractivity contribution in [1.29, 1.82) is 0 Å². The summed E-state index contributed by atoms with van der Waals surface area (Å²) in [6.45, 7) is 4.12. The molecule has 7 aromatic rings. The number of rotatable bonds is 15. The van der Waals surface area contributed by atoms with E-state index in [2.05, 4.69) is 62.0 Å². The lowest BCUT2D eigenvalue weighted by molar-refractivity contribution is 0.0691. The molecule has 2 aliphatic rings. The number of carboxylic acid groups (broad SMARTS) is 1. The Morgan fingerprint density at radius 3 is 1.84 bits per heavy atom. The Hall–Kier alpha value is -7.40. The second-order valence-corrected chi connectivity index (χ2v) is 17.4. The normalized spacial score (nSPS) is 13.2. The minimum absolute atomic E-state index is 0.0788. The molecule has 1 aromatic carbocycles. The maximum absolute atomic E-state index is 12.9. The van der Waals surface area contributed by atoms with Crippen LogP contribution in [0.4, 0.5) is 33.0 Å². The van der Waals surface area contributed by atoms with E-state index in [9.17, 15) is 24.3 Å². The molecule has 0 saturated heterocycles. The quantitative estimate of drug-likeness (QED) is 0.0714. The van der Waals surface area contributed by atoms with E-state index < -0.39 is 5.97 Å². The van der Waals surface area contributed by atoms with E-state index in [1.807, 2.05) is 43.1 Å². The number of nitrogens with one attached hydrogen (secondary N) is 6. The third kappa shape index (κ3) is 9.49. The van der Waals surface area contributed by atoms with Gasteiger partial charge >= 0.3 is 5.97 Å². The molecule has 0 radical (unpaired) electrons. The van der Waals surface area contributed by atoms with Crippen molar-refractivity contribution in [1.82, 2.24) is 55.1 Å². The van der Waals surface area contributed by atoms with Crippen LogP contribution in [-0.2, 0) is 6.54 Å². The van der Waals surface area contributed by atoms with Gasteiger partial charge in [0.25, 0.3) is 17.7 Å². The highest BCUT2D eigenvalue weighted by atomic mass is 32.1. The van der Waals surface area contributed by atoms with Crippen molar-refractivity contribution < 1.29 is 29.0 Å². The number of ether oxygens (including phenoxy) is 1. The number of carbonyl (C=O) groups is 4. The van der Waals surface area contributed by atoms with Gasteiger partial charge in [0.1, 0.15) is 15.8 Å². The molecule has 2 fully saturated rings. The fourth-order valence-corrected chi connectivity index (χ4v) is 8.20. The van der Waals surface area contributed by atoms with E-state index in [0.29, 0.717) is 72.9 Å². The number of fused-ring (bicyclic) bond motifs is 2. The highest BCUT2D eigenvalue weighted by molar-refractivity contribution is 7.16. The molecule has 0 unspecified atom stereocenters. The van der Waals surface area contributed by atoms with Gasteiger partial charge in [0, 0.05) is 51.9 Å². The number of imidazole rings is 2. The van der Waals surface area contributed by atoms with E-state index in [1.165, 1.54) is 44.1 Å². The minimum Gasteiger partial charge on any atom is -0.497 e. The lowest BCUT2D eigenvalue weighted by Gasteiger charge is -2.21. The zero-order chi connectivity index (χ0) is 45.2. The average molecular weight is 908 g/mol. The number of hydrogen-bond acceptors (Lipinski definition) is 17. The predicted octanol–water partition coefficient (Wildman–Crippen LogP) is 5.00. The molecule has 0 atom stereocenters. The van der Waals surface area contributed by atoms with E-state index in [1.54, 1.807) is 40.3 Å². The first-order chi connectivity index (χ1) is 30.8. The topological polar surface area (TPSA) is 259 Å². The fourth-order valence-electron chi connectivity index (χ4n) is 6.55. The molecular weight excluding hydrogens is 863 g/mol. The van der Waals surface area contributed by atoms with Gasteiger partial charge in [0.05, 0.1) is 40.9 Å². The SMILES string of the molecule is CNC(=O)c1nc(C)sc1Nc1cc(NC)c2ncc(C(=O)NC3CC3)n2n1.COc1ccc(CN(C)c2cc(Nc3sc(C)nc3C(=O)O)nn3c(C(=O)NC4CC4)cnc23)cc1. The van der Waals surface area contributed by atoms with E-state index in [4.69, 9.17) is 4.74 Å². The molecule has 2 aliphatic carbocycles. The summed E-state index contributed by atoms with van der Waals surface area (Å²) in [7, 11) is 6.87. The maximum atomic E-state index is 12.9. The van der Waals surface area contributed by atoms with Crippen molar-refractivity contribution in [2.45, 2.75) is 58.2 Å². The molecule has 9 rings (SSSR count). The summed E-state index contributed by atoms with van der Waals surface area (Å²) in [5.74, 6) is -0.277. The number of aryl methyl sites for hydroxylation is 2. The van der Waals surface area contributed by atoms with Crippen LogP contribution in [0.2, 0.25) is 0 Å². The highest BCUT2D eigenvalue weighted by Gasteiger charge is 2.28. The summed E-state index contributed by atoms with van der Waals surface area (Å²) in [4.78, 5) is 68.3. The van der Waals surface area contributed by atoms with Crippen molar-refractivity contribution in [3.63, 3.8) is 0 Å². The molecule has 6 heterocycles. The van der Waals surface area contributed by atoms with Gasteiger partial charge in [-0.05, 0) is 57.2 Å². The first kappa shape index (κ1) is 43.3. The van der Waals surface area contributed by atoms with Crippen LogP contribution in [0.5, 0.6) is 5.75 Å². The second kappa shape index (κ2) is 18.1. The first-order valence-corrected chi connectivity index (χ1v) is 21.8. The van der Waals surface area contributed by atoms with Gasteiger partial charge in [-0.2, -0.15) is 0 Å². The number of nitrogens with zero attached hydrogens (tertiary/aromatic N) is 9. The molecular formula is C41H45N15O6S2. The Morgan fingerprint density at radius 1 is 0.781 bits per heavy atom. The molecule has 23 heteroatoms. The van der Waals surface area contributed by atoms with Crippen molar-refractivity contribution >= 4 is 90.7 Å². The summed E-state index contributed by atoms with van der Waals surface area (Å²) >= 11 is 2.57. The van der Waals surface area contributed by atoms with Crippen molar-refractivity contribution in [2.24, 2.45) is 0 Å². The van der Waals surface area contributed by atoms with Gasteiger partial charge in [0.2, 0.25) is 0 Å². The number of hydrogen-bond donors (Lipinski definition) is 7. The number of benzene rings is 1. The van der Waals surface area contributed by atoms with Gasteiger partial charge < -0.3 is 46.6 Å². The third-order valence-corrected chi connectivity index (χ3v) is 11.8. The number of anilines is 6. The standard InChI is InChI=1S/C24H25N7O4S.C17H20N8O2S/c1-13-26-20(24(33)34)23(36-13)28-19-10-17(30(2)12-14-4-8-16(35-3)9-5-14)21-25-11-18(31(21)29-19)22(32)27-15-6-7-15;1-8-21-13(16(27)19-3)17(28-8)23-12-6-10(18-2)14-20-7-11(25(14)24-12)15(26)22-9-4-5-9/h4-5,8-11,15H,6-7,12H2,1-3H3,(H,27,32)(H,28,29)(H,33,34);6-7,9,18H,4-5H2,1-3H3,(H,19,27)(H,22,26)(H,23,24). The van der Waals surface area contributed by atoms with E-state index in [-0.39, 0.29) is 35.5 Å². The molecule has 3 amide bonds. The molecule has 64 heavy (non-hydrogen) atoms. The summed E-state index contributed by atoms with van der Waals surface area (Å²) < 4.78 is 8.24. The summed E-state index contributed by atoms with van der Waals surface area (Å²) in [5.41, 5.74) is 4.40. The molecule has 0 aliphatic heterocycles. The number of carbonyl (C=O) groups excluding carboxylic acids is 3. The number of carboxylic acids is 1. The molecule has 21 nitrogen and oxygen atoms in total. The van der Waals surface area contributed by atoms with Crippen LogP contribution in [0, 0.1) is 13.8 Å². The Bertz CT molecular complexity index is 2900. The fraction of sp³-hybridized carbons (Fsp3) is 0.317. The summed E-state index contributed by atoms with van der Waals surface area (Å²) in [5, 5.41) is 38.8. The first-order valence-electron chi connectivity index (χ1n) is 20.2. The highest BCUT2D eigenvalue weighted by Crippen LogP contribution is 2.32.